The Bertz CT molecular complexity index is 690. The lowest BCUT2D eigenvalue weighted by Crippen LogP contribution is -3.09. The molecule has 1 aliphatic heterocycles. The molecule has 2 rings (SSSR count). The lowest BCUT2D eigenvalue weighted by Gasteiger charge is -2.39. The number of carboxylic acids is 1. The van der Waals surface area contributed by atoms with Crippen LogP contribution < -0.4 is 14.9 Å². The van der Waals surface area contributed by atoms with E-state index in [0.29, 0.717) is 18.7 Å². The molecule has 1 aliphatic rings. The van der Waals surface area contributed by atoms with Gasteiger partial charge in [-0.1, -0.05) is 0 Å². The van der Waals surface area contributed by atoms with Gasteiger partial charge in [-0.25, -0.2) is 0 Å². The summed E-state index contributed by atoms with van der Waals surface area (Å²) in [5.74, 6) is -0.685. The number of carbonyl (C=O) groups is 2. The Morgan fingerprint density at radius 3 is 2.33 bits per heavy atom. The molecule has 1 aromatic carbocycles. The minimum atomic E-state index is -0.989. The second-order valence-corrected chi connectivity index (χ2v) is 9.13. The van der Waals surface area contributed by atoms with E-state index in [2.05, 4.69) is 26.0 Å². The monoisotopic (exact) mass is 418 g/mol. The third kappa shape index (κ3) is 7.29. The van der Waals surface area contributed by atoms with E-state index in [4.69, 9.17) is 0 Å². The maximum atomic E-state index is 13.0. The van der Waals surface area contributed by atoms with E-state index in [1.807, 2.05) is 48.2 Å². The highest BCUT2D eigenvalue weighted by Crippen LogP contribution is 2.29. The number of piperidine rings is 1. The van der Waals surface area contributed by atoms with Crippen molar-refractivity contribution in [3.63, 3.8) is 0 Å². The van der Waals surface area contributed by atoms with Crippen molar-refractivity contribution in [2.75, 3.05) is 72.9 Å². The van der Waals surface area contributed by atoms with E-state index in [9.17, 15) is 14.7 Å². The topological polar surface area (TPSA) is 71.4 Å². The molecular weight excluding hydrogens is 380 g/mol. The molecule has 1 amide bonds. The summed E-state index contributed by atoms with van der Waals surface area (Å²) in [6.45, 7) is 4.26. The summed E-state index contributed by atoms with van der Waals surface area (Å²) in [5.41, 5.74) is 1.74. The number of carbonyl (C=O) groups excluding carboxylic acids is 2. The van der Waals surface area contributed by atoms with Crippen LogP contribution in [0.1, 0.15) is 29.6 Å². The largest absolute Gasteiger partial charge is 0.550 e. The molecule has 7 heteroatoms. The summed E-state index contributed by atoms with van der Waals surface area (Å²) in [5, 5.41) is 11.2. The first-order valence-corrected chi connectivity index (χ1v) is 10.9. The van der Waals surface area contributed by atoms with Gasteiger partial charge in [0.25, 0.3) is 5.91 Å². The van der Waals surface area contributed by atoms with E-state index in [1.165, 1.54) is 4.90 Å². The summed E-state index contributed by atoms with van der Waals surface area (Å²) in [6.07, 6.45) is 1.72. The molecule has 30 heavy (non-hydrogen) atoms. The lowest BCUT2D eigenvalue weighted by atomic mass is 9.81. The van der Waals surface area contributed by atoms with E-state index >= 15 is 0 Å². The molecule has 3 atom stereocenters. The van der Waals surface area contributed by atoms with Crippen molar-refractivity contribution >= 4 is 17.6 Å². The first kappa shape index (κ1) is 24.2. The molecule has 0 aromatic heterocycles. The summed E-state index contributed by atoms with van der Waals surface area (Å²) in [6, 6.07) is 7.66. The number of likely N-dealkylation sites (tertiary alicyclic amines) is 1. The third-order valence-corrected chi connectivity index (χ3v) is 6.17. The molecule has 1 heterocycles. The zero-order valence-corrected chi connectivity index (χ0v) is 19.2. The average molecular weight is 419 g/mol. The number of carboxylic acid groups (broad SMARTS) is 1. The molecule has 0 aliphatic carbocycles. The number of aliphatic carboxylic acids is 1. The van der Waals surface area contributed by atoms with Gasteiger partial charge in [0.05, 0.1) is 20.1 Å². The molecule has 1 saturated heterocycles. The maximum absolute atomic E-state index is 13.0. The summed E-state index contributed by atoms with van der Waals surface area (Å²) in [4.78, 5) is 31.8. The van der Waals surface area contributed by atoms with Crippen molar-refractivity contribution < 1.29 is 19.6 Å². The van der Waals surface area contributed by atoms with Crippen LogP contribution in [-0.2, 0) is 4.79 Å². The predicted octanol–water partition coefficient (Wildman–Crippen LogP) is -0.563. The van der Waals surface area contributed by atoms with Crippen molar-refractivity contribution in [3.8, 4) is 0 Å². The van der Waals surface area contributed by atoms with Crippen LogP contribution in [0.4, 0.5) is 5.69 Å². The first-order valence-electron chi connectivity index (χ1n) is 10.9. The van der Waals surface area contributed by atoms with Crippen LogP contribution in [0, 0.1) is 11.8 Å². The fourth-order valence-electron chi connectivity index (χ4n) is 4.13. The van der Waals surface area contributed by atoms with Crippen LogP contribution in [-0.4, -0.2) is 89.6 Å². The van der Waals surface area contributed by atoms with E-state index in [0.717, 1.165) is 38.2 Å². The molecule has 0 saturated carbocycles. The van der Waals surface area contributed by atoms with Gasteiger partial charge in [0, 0.05) is 57.4 Å². The van der Waals surface area contributed by atoms with Gasteiger partial charge >= 0.3 is 0 Å². The van der Waals surface area contributed by atoms with Crippen LogP contribution >= 0.6 is 0 Å². The summed E-state index contributed by atoms with van der Waals surface area (Å²) < 4.78 is 0. The molecule has 1 unspecified atom stereocenters. The van der Waals surface area contributed by atoms with Gasteiger partial charge in [0.1, 0.15) is 0 Å². The number of anilines is 1. The minimum absolute atomic E-state index is 0.0329. The van der Waals surface area contributed by atoms with Crippen molar-refractivity contribution in [1.82, 2.24) is 9.80 Å². The standard InChI is InChI=1S/C23H38N4O3/c1-24(2)14-15-26(5)12-10-20-17-27(13-11-19(20)16-22(28)29)23(30)18-6-8-21(9-7-18)25(3)4/h6-9,19-20H,10-17H2,1-5H3,(H,28,29)/t19-,20-/m0/s1. The lowest BCUT2D eigenvalue weighted by molar-refractivity contribution is -0.879. The highest BCUT2D eigenvalue weighted by atomic mass is 16.4. The van der Waals surface area contributed by atoms with E-state index in [-0.39, 0.29) is 24.2 Å². The zero-order chi connectivity index (χ0) is 22.3. The van der Waals surface area contributed by atoms with Crippen LogP contribution in [0.2, 0.25) is 0 Å². The smallest absolute Gasteiger partial charge is 0.253 e. The Morgan fingerprint density at radius 1 is 1.10 bits per heavy atom. The summed E-state index contributed by atoms with van der Waals surface area (Å²) in [7, 11) is 10.3. The Labute approximate surface area is 181 Å². The Hall–Kier alpha value is -2.12. The Morgan fingerprint density at radius 2 is 1.77 bits per heavy atom. The molecule has 7 nitrogen and oxygen atoms in total. The van der Waals surface area contributed by atoms with Crippen molar-refractivity contribution in [3.05, 3.63) is 29.8 Å². The van der Waals surface area contributed by atoms with Crippen LogP contribution in [0.15, 0.2) is 24.3 Å². The number of benzene rings is 1. The number of amides is 1. The quantitative estimate of drug-likeness (QED) is 0.552. The van der Waals surface area contributed by atoms with Gasteiger partial charge in [0.15, 0.2) is 0 Å². The Kier molecular flexibility index (Phi) is 9.11. The number of quaternary nitrogens is 1. The zero-order valence-electron chi connectivity index (χ0n) is 19.2. The number of likely N-dealkylation sites (N-methyl/N-ethyl adjacent to an activating group) is 2. The van der Waals surface area contributed by atoms with Gasteiger partial charge in [0.2, 0.25) is 0 Å². The van der Waals surface area contributed by atoms with Crippen LogP contribution in [0.25, 0.3) is 0 Å². The fraction of sp³-hybridized carbons (Fsp3) is 0.652. The number of rotatable bonds is 10. The van der Waals surface area contributed by atoms with Gasteiger partial charge in [-0.05, 0) is 63.0 Å². The average Bonchev–Trinajstić information content (AvgIpc) is 2.70. The minimum Gasteiger partial charge on any atom is -0.550 e. The number of nitrogens with one attached hydrogen (secondary N) is 1. The normalized spacial score (nSPS) is 20.3. The number of hydrogen-bond donors (Lipinski definition) is 1. The van der Waals surface area contributed by atoms with Crippen LogP contribution in [0.5, 0.6) is 0 Å². The molecule has 0 spiro atoms. The third-order valence-electron chi connectivity index (χ3n) is 6.17. The molecule has 168 valence electrons. The summed E-state index contributed by atoms with van der Waals surface area (Å²) >= 11 is 0. The van der Waals surface area contributed by atoms with Gasteiger partial charge in [-0.15, -0.1) is 0 Å². The maximum Gasteiger partial charge on any atom is 0.253 e. The molecular formula is C23H38N4O3. The second-order valence-electron chi connectivity index (χ2n) is 9.13. The number of nitrogens with zero attached hydrogens (tertiary/aromatic N) is 3. The molecule has 1 aromatic rings. The molecule has 0 bridgehead atoms. The van der Waals surface area contributed by atoms with Gasteiger partial charge < -0.3 is 29.5 Å². The highest BCUT2D eigenvalue weighted by molar-refractivity contribution is 5.94. The van der Waals surface area contributed by atoms with E-state index in [1.54, 1.807) is 0 Å². The van der Waals surface area contributed by atoms with Crippen molar-refractivity contribution in [2.45, 2.75) is 19.3 Å². The first-order chi connectivity index (χ1) is 14.2. The van der Waals surface area contributed by atoms with Crippen molar-refractivity contribution in [2.24, 2.45) is 11.8 Å². The predicted molar refractivity (Wildman–Crippen MR) is 118 cm³/mol. The second kappa shape index (κ2) is 11.3. The molecule has 0 radical (unpaired) electrons. The van der Waals surface area contributed by atoms with Gasteiger partial charge in [-0.2, -0.15) is 0 Å². The van der Waals surface area contributed by atoms with Crippen LogP contribution in [0.3, 0.4) is 0 Å². The van der Waals surface area contributed by atoms with E-state index < -0.39 is 5.97 Å². The fourth-order valence-corrected chi connectivity index (χ4v) is 4.13. The number of hydrogen-bond acceptors (Lipinski definition) is 5. The SMILES string of the molecule is CN(C)CC[NH+](C)CC[C@H]1CN(C(=O)c2ccc(N(C)C)cc2)CC[C@H]1CC(=O)[O-]. The van der Waals surface area contributed by atoms with Gasteiger partial charge in [-0.3, -0.25) is 4.79 Å². The molecule has 1 fully saturated rings. The molecule has 1 N–H and O–H groups in total. The van der Waals surface area contributed by atoms with Crippen molar-refractivity contribution in [1.29, 1.82) is 0 Å². The Balaban J connectivity index is 2.01. The highest BCUT2D eigenvalue weighted by Gasteiger charge is 2.32.